The Labute approximate surface area is 134 Å². The number of halogens is 1. The smallest absolute Gasteiger partial charge is 0.248 e. The summed E-state index contributed by atoms with van der Waals surface area (Å²) < 4.78 is 10.3. The van der Waals surface area contributed by atoms with Crippen LogP contribution in [0, 0.1) is 0 Å². The van der Waals surface area contributed by atoms with E-state index in [1.165, 1.54) is 6.08 Å². The van der Waals surface area contributed by atoms with Crippen molar-refractivity contribution < 1.29 is 14.3 Å². The quantitative estimate of drug-likeness (QED) is 0.848. The molecular weight excluding hydrogens is 302 g/mol. The Balaban J connectivity index is 2.06. The van der Waals surface area contributed by atoms with Gasteiger partial charge in [0.25, 0.3) is 0 Å². The van der Waals surface area contributed by atoms with Crippen LogP contribution in [-0.2, 0) is 4.79 Å². The summed E-state index contributed by atoms with van der Waals surface area (Å²) in [5, 5.41) is 3.42. The fourth-order valence-corrected chi connectivity index (χ4v) is 1.94. The molecule has 1 amide bonds. The number of ether oxygens (including phenoxy) is 2. The van der Waals surface area contributed by atoms with Gasteiger partial charge < -0.3 is 14.8 Å². The maximum atomic E-state index is 11.9. The van der Waals surface area contributed by atoms with Crippen LogP contribution in [0.3, 0.4) is 0 Å². The van der Waals surface area contributed by atoms with Crippen molar-refractivity contribution >= 4 is 29.3 Å². The zero-order valence-electron chi connectivity index (χ0n) is 12.3. The van der Waals surface area contributed by atoms with Crippen LogP contribution in [0.15, 0.2) is 48.5 Å². The number of methoxy groups -OCH3 is 2. The lowest BCUT2D eigenvalue weighted by molar-refractivity contribution is -0.111. The molecule has 0 saturated heterocycles. The van der Waals surface area contributed by atoms with Gasteiger partial charge in [-0.2, -0.15) is 0 Å². The zero-order valence-corrected chi connectivity index (χ0v) is 13.1. The second-order valence-corrected chi connectivity index (χ2v) is 4.91. The van der Waals surface area contributed by atoms with E-state index in [-0.39, 0.29) is 5.91 Å². The molecule has 2 aromatic carbocycles. The van der Waals surface area contributed by atoms with Gasteiger partial charge in [0, 0.05) is 35.0 Å². The lowest BCUT2D eigenvalue weighted by Crippen LogP contribution is -2.08. The van der Waals surface area contributed by atoms with E-state index in [9.17, 15) is 4.79 Å². The lowest BCUT2D eigenvalue weighted by Gasteiger charge is -2.08. The van der Waals surface area contributed by atoms with Gasteiger partial charge >= 0.3 is 0 Å². The highest BCUT2D eigenvalue weighted by molar-refractivity contribution is 6.30. The third-order valence-electron chi connectivity index (χ3n) is 2.92. The van der Waals surface area contributed by atoms with Crippen LogP contribution in [0.1, 0.15) is 5.56 Å². The number of nitrogens with one attached hydrogen (secondary N) is 1. The van der Waals surface area contributed by atoms with E-state index in [2.05, 4.69) is 5.32 Å². The molecule has 22 heavy (non-hydrogen) atoms. The van der Waals surface area contributed by atoms with E-state index in [0.29, 0.717) is 22.2 Å². The van der Waals surface area contributed by atoms with E-state index in [0.717, 1.165) is 5.56 Å². The molecule has 0 radical (unpaired) electrons. The van der Waals surface area contributed by atoms with Gasteiger partial charge in [-0.05, 0) is 23.8 Å². The summed E-state index contributed by atoms with van der Waals surface area (Å²) in [5.74, 6) is 0.970. The molecule has 0 bridgehead atoms. The van der Waals surface area contributed by atoms with Crippen LogP contribution in [0.2, 0.25) is 5.02 Å². The average molecular weight is 318 g/mol. The summed E-state index contributed by atoms with van der Waals surface area (Å²) in [5.41, 5.74) is 1.49. The van der Waals surface area contributed by atoms with Crippen LogP contribution < -0.4 is 14.8 Å². The predicted octanol–water partition coefficient (Wildman–Crippen LogP) is 4.01. The third-order valence-corrected chi connectivity index (χ3v) is 3.17. The van der Waals surface area contributed by atoms with Crippen molar-refractivity contribution in [1.29, 1.82) is 0 Å². The van der Waals surface area contributed by atoms with Crippen molar-refractivity contribution in [2.24, 2.45) is 0 Å². The molecule has 0 aromatic heterocycles. The van der Waals surface area contributed by atoms with E-state index >= 15 is 0 Å². The van der Waals surface area contributed by atoms with E-state index < -0.39 is 0 Å². The maximum Gasteiger partial charge on any atom is 0.248 e. The normalized spacial score (nSPS) is 10.5. The van der Waals surface area contributed by atoms with Crippen LogP contribution in [0.25, 0.3) is 6.08 Å². The Morgan fingerprint density at radius 3 is 2.18 bits per heavy atom. The van der Waals surface area contributed by atoms with Gasteiger partial charge in [0.15, 0.2) is 0 Å². The molecule has 0 heterocycles. The number of carbonyl (C=O) groups is 1. The first kappa shape index (κ1) is 15.9. The fraction of sp³-hybridized carbons (Fsp3) is 0.118. The highest BCUT2D eigenvalue weighted by Crippen LogP contribution is 2.25. The Hall–Kier alpha value is -2.46. The van der Waals surface area contributed by atoms with E-state index in [1.54, 1.807) is 50.6 Å². The summed E-state index contributed by atoms with van der Waals surface area (Å²) >= 11 is 5.81. The summed E-state index contributed by atoms with van der Waals surface area (Å²) in [6.07, 6.45) is 3.16. The van der Waals surface area contributed by atoms with Gasteiger partial charge in [-0.25, -0.2) is 0 Å². The molecule has 0 aliphatic rings. The van der Waals surface area contributed by atoms with Crippen molar-refractivity contribution in [3.05, 3.63) is 59.1 Å². The second-order valence-electron chi connectivity index (χ2n) is 4.48. The van der Waals surface area contributed by atoms with Gasteiger partial charge in [-0.3, -0.25) is 4.79 Å². The highest BCUT2D eigenvalue weighted by atomic mass is 35.5. The summed E-state index contributed by atoms with van der Waals surface area (Å²) in [6.45, 7) is 0. The number of carbonyl (C=O) groups excluding carboxylic acids is 1. The first-order valence-corrected chi connectivity index (χ1v) is 6.96. The van der Waals surface area contributed by atoms with Gasteiger partial charge in [0.1, 0.15) is 11.5 Å². The van der Waals surface area contributed by atoms with Crippen molar-refractivity contribution in [1.82, 2.24) is 0 Å². The van der Waals surface area contributed by atoms with Gasteiger partial charge in [-0.15, -0.1) is 0 Å². The molecule has 0 aliphatic carbocycles. The largest absolute Gasteiger partial charge is 0.497 e. The summed E-state index contributed by atoms with van der Waals surface area (Å²) in [4.78, 5) is 11.9. The predicted molar refractivity (Wildman–Crippen MR) is 88.7 cm³/mol. The molecule has 0 saturated carbocycles. The molecule has 2 rings (SSSR count). The molecule has 0 aliphatic heterocycles. The molecule has 2 aromatic rings. The summed E-state index contributed by atoms with van der Waals surface area (Å²) in [7, 11) is 3.11. The maximum absolute atomic E-state index is 11.9. The minimum Gasteiger partial charge on any atom is -0.497 e. The number of rotatable bonds is 5. The van der Waals surface area contributed by atoms with Crippen molar-refractivity contribution in [2.75, 3.05) is 19.5 Å². The average Bonchev–Trinajstić information content (AvgIpc) is 2.54. The molecule has 0 unspecified atom stereocenters. The van der Waals surface area contributed by atoms with E-state index in [1.807, 2.05) is 12.1 Å². The molecule has 114 valence electrons. The topological polar surface area (TPSA) is 47.6 Å². The highest BCUT2D eigenvalue weighted by Gasteiger charge is 2.04. The third kappa shape index (κ3) is 4.53. The number of benzene rings is 2. The van der Waals surface area contributed by atoms with Gasteiger partial charge in [0.05, 0.1) is 14.2 Å². The zero-order chi connectivity index (χ0) is 15.9. The fourth-order valence-electron chi connectivity index (χ4n) is 1.81. The number of hydrogen-bond donors (Lipinski definition) is 1. The molecule has 4 nitrogen and oxygen atoms in total. The monoisotopic (exact) mass is 317 g/mol. The van der Waals surface area contributed by atoms with Gasteiger partial charge in [-0.1, -0.05) is 23.7 Å². The standard InChI is InChI=1S/C17H16ClNO3/c1-21-15-9-14(10-16(11-15)22-2)19-17(20)8-5-12-3-6-13(18)7-4-12/h3-11H,1-2H3,(H,19,20)/b8-5+. The molecule has 1 N–H and O–H groups in total. The molecule has 0 spiro atoms. The first-order chi connectivity index (χ1) is 10.6. The van der Waals surface area contributed by atoms with Crippen molar-refractivity contribution in [2.45, 2.75) is 0 Å². The molecule has 0 atom stereocenters. The number of amides is 1. The number of anilines is 1. The summed E-state index contributed by atoms with van der Waals surface area (Å²) in [6, 6.07) is 12.4. The SMILES string of the molecule is COc1cc(NC(=O)/C=C/c2ccc(Cl)cc2)cc(OC)c1. The Kier molecular flexibility index (Phi) is 5.44. The van der Waals surface area contributed by atoms with Crippen LogP contribution in [-0.4, -0.2) is 20.1 Å². The minimum atomic E-state index is -0.245. The lowest BCUT2D eigenvalue weighted by atomic mass is 10.2. The first-order valence-electron chi connectivity index (χ1n) is 6.58. The number of hydrogen-bond acceptors (Lipinski definition) is 3. The Morgan fingerprint density at radius 2 is 1.64 bits per heavy atom. The minimum absolute atomic E-state index is 0.245. The molecular formula is C17H16ClNO3. The van der Waals surface area contributed by atoms with Crippen molar-refractivity contribution in [3.8, 4) is 11.5 Å². The second kappa shape index (κ2) is 7.52. The van der Waals surface area contributed by atoms with E-state index in [4.69, 9.17) is 21.1 Å². The Morgan fingerprint density at radius 1 is 1.05 bits per heavy atom. The van der Waals surface area contributed by atoms with Crippen LogP contribution >= 0.6 is 11.6 Å². The molecule has 0 fully saturated rings. The Bertz CT molecular complexity index is 659. The molecule has 5 heteroatoms. The van der Waals surface area contributed by atoms with Crippen molar-refractivity contribution in [3.63, 3.8) is 0 Å². The van der Waals surface area contributed by atoms with Gasteiger partial charge in [0.2, 0.25) is 5.91 Å². The van der Waals surface area contributed by atoms with Crippen LogP contribution in [0.4, 0.5) is 5.69 Å². The van der Waals surface area contributed by atoms with Crippen LogP contribution in [0.5, 0.6) is 11.5 Å².